The number of hydrazone groups is 2. The van der Waals surface area contributed by atoms with Crippen molar-refractivity contribution in [3.63, 3.8) is 0 Å². The van der Waals surface area contributed by atoms with Gasteiger partial charge in [0.2, 0.25) is 0 Å². The third-order valence-electron chi connectivity index (χ3n) is 2.84. The molecule has 0 spiro atoms. The van der Waals surface area contributed by atoms with Gasteiger partial charge in [0.25, 0.3) is 0 Å². The van der Waals surface area contributed by atoms with Gasteiger partial charge in [-0.05, 0) is 62.5 Å². The summed E-state index contributed by atoms with van der Waals surface area (Å²) in [5, 5.41) is 12.8. The van der Waals surface area contributed by atoms with E-state index in [0.717, 1.165) is 0 Å². The Morgan fingerprint density at radius 1 is 1.00 bits per heavy atom. The highest BCUT2D eigenvalue weighted by Crippen LogP contribution is 2.12. The average molecular weight is 422 g/mol. The van der Waals surface area contributed by atoms with Crippen LogP contribution in [0.15, 0.2) is 34.5 Å². The maximum absolute atomic E-state index is 13.2. The maximum atomic E-state index is 13.2. The first-order valence-electron chi connectivity index (χ1n) is 7.65. The van der Waals surface area contributed by atoms with E-state index in [2.05, 4.69) is 26.4 Å². The van der Waals surface area contributed by atoms with Crippen molar-refractivity contribution in [2.24, 2.45) is 10.2 Å². The Labute approximate surface area is 164 Å². The van der Waals surface area contributed by atoms with Crippen LogP contribution in [0, 0.1) is 5.82 Å². The third kappa shape index (κ3) is 9.24. The summed E-state index contributed by atoms with van der Waals surface area (Å²) < 4.78 is 49.8. The van der Waals surface area contributed by atoms with E-state index in [1.807, 2.05) is 12.2 Å². The average Bonchev–Trinajstić information content (AvgIpc) is 2.59. The summed E-state index contributed by atoms with van der Waals surface area (Å²) in [4.78, 5) is 0. The molecule has 0 saturated carbocycles. The second kappa shape index (κ2) is 10.7. The zero-order chi connectivity index (χ0) is 20.4. The predicted octanol–water partition coefficient (Wildman–Crippen LogP) is 2.42. The monoisotopic (exact) mass is 422 g/mol. The lowest BCUT2D eigenvalue weighted by atomic mass is 10.1. The standard InChI is InChI=1S/C15H18F4N6S2/c1-3-20-13(26)24-22-9(2)12(10-4-6-11(16)7-5-10)23-25-14(27)21-8-15(17,18)19/h4-7H,3,8H2,1-2H3,(H2,20,24,26)(H2,21,25,27). The Morgan fingerprint density at radius 3 is 2.11 bits per heavy atom. The Kier molecular flexibility index (Phi) is 9.02. The van der Waals surface area contributed by atoms with Crippen LogP contribution in [-0.4, -0.2) is 40.9 Å². The van der Waals surface area contributed by atoms with Gasteiger partial charge in [0.05, 0.1) is 5.71 Å². The summed E-state index contributed by atoms with van der Waals surface area (Å²) in [7, 11) is 0. The molecule has 0 aliphatic carbocycles. The van der Waals surface area contributed by atoms with Gasteiger partial charge >= 0.3 is 6.18 Å². The lowest BCUT2D eigenvalue weighted by molar-refractivity contribution is -0.122. The van der Waals surface area contributed by atoms with Gasteiger partial charge in [-0.25, -0.2) is 4.39 Å². The molecule has 12 heteroatoms. The molecular formula is C15H18F4N6S2. The van der Waals surface area contributed by atoms with Crippen LogP contribution in [0.1, 0.15) is 19.4 Å². The molecule has 0 amide bonds. The molecular weight excluding hydrogens is 404 g/mol. The van der Waals surface area contributed by atoms with Crippen LogP contribution in [0.25, 0.3) is 0 Å². The topological polar surface area (TPSA) is 72.8 Å². The maximum Gasteiger partial charge on any atom is 0.405 e. The van der Waals surface area contributed by atoms with E-state index in [1.54, 1.807) is 6.92 Å². The van der Waals surface area contributed by atoms with Crippen molar-refractivity contribution in [3.05, 3.63) is 35.6 Å². The molecule has 0 aliphatic heterocycles. The fourth-order valence-corrected chi connectivity index (χ4v) is 1.98. The molecule has 6 nitrogen and oxygen atoms in total. The second-order valence-corrected chi connectivity index (χ2v) is 5.86. The van der Waals surface area contributed by atoms with Gasteiger partial charge in [0, 0.05) is 12.1 Å². The number of thiocarbonyl (C=S) groups is 2. The van der Waals surface area contributed by atoms with E-state index in [-0.39, 0.29) is 15.9 Å². The largest absolute Gasteiger partial charge is 0.405 e. The Morgan fingerprint density at radius 2 is 1.56 bits per heavy atom. The molecule has 0 fully saturated rings. The zero-order valence-electron chi connectivity index (χ0n) is 14.4. The normalized spacial score (nSPS) is 12.4. The van der Waals surface area contributed by atoms with E-state index in [0.29, 0.717) is 17.8 Å². The molecule has 0 aromatic heterocycles. The number of hydrogen-bond donors (Lipinski definition) is 4. The summed E-state index contributed by atoms with van der Waals surface area (Å²) in [6.45, 7) is 2.75. The highest BCUT2D eigenvalue weighted by atomic mass is 32.1. The van der Waals surface area contributed by atoms with Gasteiger partial charge in [-0.1, -0.05) is 0 Å². The molecule has 1 aromatic carbocycles. The summed E-state index contributed by atoms with van der Waals surface area (Å²) in [6.07, 6.45) is -4.42. The predicted molar refractivity (Wildman–Crippen MR) is 105 cm³/mol. The first-order chi connectivity index (χ1) is 12.6. The van der Waals surface area contributed by atoms with Crippen LogP contribution in [0.2, 0.25) is 0 Å². The Bertz CT molecular complexity index is 716. The number of alkyl halides is 3. The second-order valence-electron chi connectivity index (χ2n) is 5.05. The van der Waals surface area contributed by atoms with Crippen LogP contribution >= 0.6 is 24.4 Å². The highest BCUT2D eigenvalue weighted by Gasteiger charge is 2.27. The van der Waals surface area contributed by atoms with Crippen molar-refractivity contribution in [1.29, 1.82) is 0 Å². The van der Waals surface area contributed by atoms with Gasteiger partial charge < -0.3 is 10.6 Å². The van der Waals surface area contributed by atoms with Crippen molar-refractivity contribution >= 4 is 46.1 Å². The molecule has 0 bridgehead atoms. The minimum Gasteiger partial charge on any atom is -0.362 e. The van der Waals surface area contributed by atoms with Gasteiger partial charge in [-0.3, -0.25) is 10.9 Å². The van der Waals surface area contributed by atoms with Crippen LogP contribution in [0.4, 0.5) is 17.6 Å². The van der Waals surface area contributed by atoms with Crippen molar-refractivity contribution < 1.29 is 17.6 Å². The van der Waals surface area contributed by atoms with Crippen molar-refractivity contribution in [3.8, 4) is 0 Å². The molecule has 0 aliphatic rings. The quantitative estimate of drug-likeness (QED) is 0.244. The van der Waals surface area contributed by atoms with Gasteiger partial charge in [0.15, 0.2) is 10.2 Å². The molecule has 0 saturated heterocycles. The summed E-state index contributed by atoms with van der Waals surface area (Å²) in [5.74, 6) is -0.450. The molecule has 148 valence electrons. The number of nitrogens with one attached hydrogen (secondary N) is 4. The van der Waals surface area contributed by atoms with E-state index >= 15 is 0 Å². The molecule has 4 N–H and O–H groups in total. The van der Waals surface area contributed by atoms with E-state index < -0.39 is 18.5 Å². The number of benzene rings is 1. The first-order valence-corrected chi connectivity index (χ1v) is 8.46. The van der Waals surface area contributed by atoms with Gasteiger partial charge in [-0.15, -0.1) is 0 Å². The fraction of sp³-hybridized carbons (Fsp3) is 0.333. The zero-order valence-corrected chi connectivity index (χ0v) is 16.1. The molecule has 0 heterocycles. The Balaban J connectivity index is 2.97. The van der Waals surface area contributed by atoms with Gasteiger partial charge in [-0.2, -0.15) is 23.4 Å². The van der Waals surface area contributed by atoms with Crippen molar-refractivity contribution in [1.82, 2.24) is 21.5 Å². The molecule has 0 radical (unpaired) electrons. The fourth-order valence-electron chi connectivity index (χ4n) is 1.68. The molecule has 0 unspecified atom stereocenters. The van der Waals surface area contributed by atoms with Crippen LogP contribution in [0.5, 0.6) is 0 Å². The highest BCUT2D eigenvalue weighted by molar-refractivity contribution is 7.80. The smallest absolute Gasteiger partial charge is 0.362 e. The lowest BCUT2D eigenvalue weighted by Gasteiger charge is -2.12. The minimum atomic E-state index is -4.42. The lowest BCUT2D eigenvalue weighted by Crippen LogP contribution is -2.39. The first kappa shape index (κ1) is 22.7. The molecule has 27 heavy (non-hydrogen) atoms. The van der Waals surface area contributed by atoms with E-state index in [9.17, 15) is 17.6 Å². The molecule has 1 aromatic rings. The van der Waals surface area contributed by atoms with E-state index in [4.69, 9.17) is 24.4 Å². The Hall–Kier alpha value is -2.34. The molecule has 0 atom stereocenters. The van der Waals surface area contributed by atoms with Crippen LogP contribution in [-0.2, 0) is 0 Å². The van der Waals surface area contributed by atoms with Crippen molar-refractivity contribution in [2.45, 2.75) is 20.0 Å². The van der Waals surface area contributed by atoms with E-state index in [1.165, 1.54) is 24.3 Å². The number of hydrogen-bond acceptors (Lipinski definition) is 4. The third-order valence-corrected chi connectivity index (χ3v) is 3.31. The number of halogens is 4. The summed E-state index contributed by atoms with van der Waals surface area (Å²) >= 11 is 9.76. The number of nitrogens with zero attached hydrogens (tertiary/aromatic N) is 2. The molecule has 1 rings (SSSR count). The summed E-state index contributed by atoms with van der Waals surface area (Å²) in [5.41, 5.74) is 5.97. The number of rotatable bonds is 6. The minimum absolute atomic E-state index is 0.234. The van der Waals surface area contributed by atoms with Crippen LogP contribution in [0.3, 0.4) is 0 Å². The van der Waals surface area contributed by atoms with Gasteiger partial charge in [0.1, 0.15) is 18.1 Å². The SMILES string of the molecule is CCNC(=S)NN=C(C)C(=NNC(=S)NCC(F)(F)F)c1ccc(F)cc1. The van der Waals surface area contributed by atoms with Crippen LogP contribution < -0.4 is 21.5 Å². The summed E-state index contributed by atoms with van der Waals surface area (Å²) in [6, 6.07) is 5.33. The van der Waals surface area contributed by atoms with Crippen molar-refractivity contribution in [2.75, 3.05) is 13.1 Å².